The lowest BCUT2D eigenvalue weighted by Crippen LogP contribution is -2.53. The molecule has 0 unspecified atom stereocenters. The first-order valence-corrected chi connectivity index (χ1v) is 11.0. The molecule has 156 valence electrons. The highest BCUT2D eigenvalue weighted by molar-refractivity contribution is 7.07. The molecule has 9 heteroatoms. The minimum Gasteiger partial charge on any atom is -0.424 e. The molecule has 1 amide bonds. The van der Waals surface area contributed by atoms with Crippen molar-refractivity contribution < 1.29 is 9.21 Å². The van der Waals surface area contributed by atoms with Gasteiger partial charge in [-0.05, 0) is 34.9 Å². The van der Waals surface area contributed by atoms with Gasteiger partial charge in [0.25, 0.3) is 5.56 Å². The van der Waals surface area contributed by atoms with Crippen molar-refractivity contribution in [3.8, 4) is 0 Å². The Balaban J connectivity index is 1.43. The fourth-order valence-electron chi connectivity index (χ4n) is 4.77. The number of pyridine rings is 1. The average molecular weight is 426 g/mol. The summed E-state index contributed by atoms with van der Waals surface area (Å²) in [7, 11) is 0. The Kier molecular flexibility index (Phi) is 5.00. The topological polar surface area (TPSA) is 93.3 Å². The van der Waals surface area contributed by atoms with Crippen molar-refractivity contribution in [2.45, 2.75) is 38.4 Å². The van der Waals surface area contributed by atoms with Gasteiger partial charge in [0.15, 0.2) is 0 Å². The van der Waals surface area contributed by atoms with E-state index in [1.54, 1.807) is 35.0 Å². The third-order valence-corrected chi connectivity index (χ3v) is 6.70. The number of likely N-dealkylation sites (tertiary alicyclic amines) is 1. The van der Waals surface area contributed by atoms with Gasteiger partial charge in [-0.15, -0.1) is 10.2 Å². The number of rotatable bonds is 5. The molecule has 2 aliphatic heterocycles. The van der Waals surface area contributed by atoms with E-state index in [-0.39, 0.29) is 23.3 Å². The van der Waals surface area contributed by atoms with Crippen LogP contribution in [0.1, 0.15) is 41.4 Å². The molecule has 3 aromatic heterocycles. The van der Waals surface area contributed by atoms with E-state index in [1.807, 2.05) is 22.9 Å². The SMILES string of the molecule is Cc1nnc(CN2C[C@@H]3C[C@H](C2)[C@H](C(=O)NCc2ccsc2)n2c3cccc2=O)o1. The molecule has 0 spiro atoms. The molecule has 3 aromatic rings. The van der Waals surface area contributed by atoms with Gasteiger partial charge in [0.1, 0.15) is 6.04 Å². The number of nitrogens with one attached hydrogen (secondary N) is 1. The van der Waals surface area contributed by atoms with E-state index in [4.69, 9.17) is 4.42 Å². The maximum Gasteiger partial charge on any atom is 0.251 e. The van der Waals surface area contributed by atoms with E-state index in [1.165, 1.54) is 0 Å². The van der Waals surface area contributed by atoms with E-state index in [0.717, 1.165) is 24.2 Å². The predicted molar refractivity (Wildman–Crippen MR) is 111 cm³/mol. The Labute approximate surface area is 177 Å². The molecule has 3 atom stereocenters. The van der Waals surface area contributed by atoms with Crippen molar-refractivity contribution in [1.82, 2.24) is 25.0 Å². The first-order chi connectivity index (χ1) is 14.6. The maximum absolute atomic E-state index is 13.2. The van der Waals surface area contributed by atoms with Crippen LogP contribution in [-0.2, 0) is 17.9 Å². The minimum atomic E-state index is -0.518. The minimum absolute atomic E-state index is 0.0443. The third-order valence-electron chi connectivity index (χ3n) is 5.97. The lowest BCUT2D eigenvalue weighted by atomic mass is 9.78. The highest BCUT2D eigenvalue weighted by Crippen LogP contribution is 2.41. The Bertz CT molecular complexity index is 1110. The first-order valence-electron chi connectivity index (χ1n) is 10.1. The molecule has 5 heterocycles. The second-order valence-electron chi connectivity index (χ2n) is 8.05. The van der Waals surface area contributed by atoms with Crippen molar-refractivity contribution >= 4 is 17.2 Å². The second kappa shape index (κ2) is 7.81. The highest BCUT2D eigenvalue weighted by atomic mass is 32.1. The number of hydrogen-bond acceptors (Lipinski definition) is 7. The van der Waals surface area contributed by atoms with Gasteiger partial charge in [-0.1, -0.05) is 6.07 Å². The molecule has 1 N–H and O–H groups in total. The number of nitrogens with zero attached hydrogens (tertiary/aromatic N) is 4. The molecule has 0 saturated carbocycles. The van der Waals surface area contributed by atoms with Crippen molar-refractivity contribution in [3.05, 3.63) is 68.4 Å². The lowest BCUT2D eigenvalue weighted by molar-refractivity contribution is -0.128. The van der Waals surface area contributed by atoms with Crippen LogP contribution in [-0.4, -0.2) is 38.7 Å². The van der Waals surface area contributed by atoms with E-state index in [0.29, 0.717) is 31.4 Å². The van der Waals surface area contributed by atoms with Crippen LogP contribution in [0.2, 0.25) is 0 Å². The number of carbonyl (C=O) groups excluding carboxylic acids is 1. The number of carbonyl (C=O) groups is 1. The van der Waals surface area contributed by atoms with Crippen molar-refractivity contribution in [2.75, 3.05) is 13.1 Å². The summed E-state index contributed by atoms with van der Waals surface area (Å²) in [6, 6.07) is 6.78. The van der Waals surface area contributed by atoms with Gasteiger partial charge in [0, 0.05) is 50.2 Å². The van der Waals surface area contributed by atoms with E-state index in [9.17, 15) is 9.59 Å². The number of aromatic nitrogens is 3. The first kappa shape index (κ1) is 19.2. The Morgan fingerprint density at radius 2 is 2.20 bits per heavy atom. The van der Waals surface area contributed by atoms with Crippen molar-refractivity contribution in [2.24, 2.45) is 5.92 Å². The van der Waals surface area contributed by atoms with Gasteiger partial charge in [-0.25, -0.2) is 0 Å². The zero-order valence-electron chi connectivity index (χ0n) is 16.7. The fourth-order valence-corrected chi connectivity index (χ4v) is 5.44. The summed E-state index contributed by atoms with van der Waals surface area (Å²) in [6.07, 6.45) is 0.888. The van der Waals surface area contributed by atoms with Crippen LogP contribution in [0.15, 0.2) is 44.2 Å². The lowest BCUT2D eigenvalue weighted by Gasteiger charge is -2.46. The Morgan fingerprint density at radius 1 is 1.30 bits per heavy atom. The van der Waals surface area contributed by atoms with Gasteiger partial charge in [-0.2, -0.15) is 11.3 Å². The number of amides is 1. The van der Waals surface area contributed by atoms with Gasteiger partial charge in [0.2, 0.25) is 17.7 Å². The highest BCUT2D eigenvalue weighted by Gasteiger charge is 2.43. The molecule has 30 heavy (non-hydrogen) atoms. The van der Waals surface area contributed by atoms with Crippen LogP contribution >= 0.6 is 11.3 Å². The number of fused-ring (bicyclic) bond motifs is 4. The Morgan fingerprint density at radius 3 is 2.97 bits per heavy atom. The zero-order chi connectivity index (χ0) is 20.7. The summed E-state index contributed by atoms with van der Waals surface area (Å²) in [5.41, 5.74) is 1.89. The number of thiophene rings is 1. The van der Waals surface area contributed by atoms with Gasteiger partial charge >= 0.3 is 0 Å². The van der Waals surface area contributed by atoms with Crippen LogP contribution in [0, 0.1) is 12.8 Å². The largest absolute Gasteiger partial charge is 0.424 e. The molecule has 1 fully saturated rings. The van der Waals surface area contributed by atoms with Crippen LogP contribution in [0.5, 0.6) is 0 Å². The summed E-state index contributed by atoms with van der Waals surface area (Å²) in [4.78, 5) is 28.3. The smallest absolute Gasteiger partial charge is 0.251 e. The number of hydrogen-bond donors (Lipinski definition) is 1. The fraction of sp³-hybridized carbons (Fsp3) is 0.429. The van der Waals surface area contributed by atoms with E-state index < -0.39 is 6.04 Å². The molecular formula is C21H23N5O3S. The zero-order valence-corrected chi connectivity index (χ0v) is 17.5. The summed E-state index contributed by atoms with van der Waals surface area (Å²) >= 11 is 1.60. The number of piperidine rings is 1. The van der Waals surface area contributed by atoms with Gasteiger partial charge in [-0.3, -0.25) is 19.1 Å². The molecule has 8 nitrogen and oxygen atoms in total. The average Bonchev–Trinajstić information content (AvgIpc) is 3.39. The molecule has 0 radical (unpaired) electrons. The van der Waals surface area contributed by atoms with Crippen LogP contribution in [0.3, 0.4) is 0 Å². The van der Waals surface area contributed by atoms with Gasteiger partial charge in [0.05, 0.1) is 6.54 Å². The standard InChI is InChI=1S/C21H23N5O3S/c1-13-23-24-18(29-13)11-25-9-15-7-16(10-25)20(26-17(15)3-2-4-19(26)27)21(28)22-8-14-5-6-30-12-14/h2-6,12,15-16,20H,7-11H2,1H3,(H,22,28)/t15-,16+,20+/m0/s1. The summed E-state index contributed by atoms with van der Waals surface area (Å²) in [5, 5.41) is 15.1. The van der Waals surface area contributed by atoms with Crippen LogP contribution < -0.4 is 10.9 Å². The molecule has 2 aliphatic rings. The van der Waals surface area contributed by atoms with Crippen molar-refractivity contribution in [3.63, 3.8) is 0 Å². The monoisotopic (exact) mass is 425 g/mol. The van der Waals surface area contributed by atoms with E-state index in [2.05, 4.69) is 20.4 Å². The summed E-state index contributed by atoms with van der Waals surface area (Å²) < 4.78 is 7.27. The quantitative estimate of drug-likeness (QED) is 0.673. The molecule has 2 bridgehead atoms. The molecule has 0 aromatic carbocycles. The normalized spacial score (nSPS) is 23.2. The maximum atomic E-state index is 13.2. The predicted octanol–water partition coefficient (Wildman–Crippen LogP) is 2.08. The second-order valence-corrected chi connectivity index (χ2v) is 8.83. The summed E-state index contributed by atoms with van der Waals surface area (Å²) in [6.45, 7) is 4.29. The molecule has 0 aliphatic carbocycles. The van der Waals surface area contributed by atoms with Crippen LogP contribution in [0.4, 0.5) is 0 Å². The van der Waals surface area contributed by atoms with Crippen molar-refractivity contribution in [1.29, 1.82) is 0 Å². The van der Waals surface area contributed by atoms with Gasteiger partial charge < -0.3 is 9.73 Å². The van der Waals surface area contributed by atoms with E-state index >= 15 is 0 Å². The molecule has 1 saturated heterocycles. The molecular weight excluding hydrogens is 402 g/mol. The van der Waals surface area contributed by atoms with Crippen LogP contribution in [0.25, 0.3) is 0 Å². The number of aryl methyl sites for hydroxylation is 1. The third kappa shape index (κ3) is 3.59. The Hall–Kier alpha value is -2.78. The molecule has 5 rings (SSSR count). The summed E-state index contributed by atoms with van der Waals surface area (Å²) in [5.74, 6) is 1.27.